The van der Waals surface area contributed by atoms with Crippen molar-refractivity contribution in [2.75, 3.05) is 5.32 Å². The van der Waals surface area contributed by atoms with Crippen molar-refractivity contribution >= 4 is 33.2 Å². The zero-order chi connectivity index (χ0) is 24.7. The smallest absolute Gasteiger partial charge is 0.0541 e. The number of rotatable bonds is 4. The lowest BCUT2D eigenvalue weighted by Crippen LogP contribution is -2.11. The number of benzene rings is 5. The summed E-state index contributed by atoms with van der Waals surface area (Å²) in [6, 6.07) is 43.5. The molecule has 0 fully saturated rings. The summed E-state index contributed by atoms with van der Waals surface area (Å²) >= 11 is 0. The van der Waals surface area contributed by atoms with E-state index in [0.29, 0.717) is 0 Å². The van der Waals surface area contributed by atoms with Crippen LogP contribution in [-0.4, -0.2) is 4.57 Å². The van der Waals surface area contributed by atoms with Crippen LogP contribution in [0.4, 0.5) is 11.4 Å². The molecule has 2 nitrogen and oxygen atoms in total. The monoisotopic (exact) mass is 466 g/mol. The van der Waals surface area contributed by atoms with E-state index in [9.17, 15) is 0 Å². The molecule has 0 unspecified atom stereocenters. The van der Waals surface area contributed by atoms with Gasteiger partial charge in [-0.1, -0.05) is 87.5 Å². The molecule has 0 saturated heterocycles. The molecule has 2 heteroatoms. The average molecular weight is 467 g/mol. The lowest BCUT2D eigenvalue weighted by Gasteiger charge is -2.20. The predicted octanol–water partition coefficient (Wildman–Crippen LogP) is 9.49. The van der Waals surface area contributed by atoms with Gasteiger partial charge in [0.2, 0.25) is 0 Å². The van der Waals surface area contributed by atoms with Crippen molar-refractivity contribution in [2.45, 2.75) is 26.2 Å². The molecule has 176 valence electrons. The van der Waals surface area contributed by atoms with Gasteiger partial charge >= 0.3 is 0 Å². The zero-order valence-corrected chi connectivity index (χ0v) is 21.0. The number of nitrogens with zero attached hydrogens (tertiary/aromatic N) is 1. The Balaban J connectivity index is 1.43. The fraction of sp³-hybridized carbons (Fsp3) is 0.118. The second kappa shape index (κ2) is 8.73. The van der Waals surface area contributed by atoms with Crippen LogP contribution in [0.1, 0.15) is 26.3 Å². The van der Waals surface area contributed by atoms with E-state index in [4.69, 9.17) is 0 Å². The summed E-state index contributed by atoms with van der Waals surface area (Å²) < 4.78 is 2.40. The van der Waals surface area contributed by atoms with Gasteiger partial charge in [0.05, 0.1) is 11.0 Å². The molecule has 5 aromatic carbocycles. The Morgan fingerprint density at radius 1 is 0.528 bits per heavy atom. The van der Waals surface area contributed by atoms with Crippen molar-refractivity contribution < 1.29 is 0 Å². The van der Waals surface area contributed by atoms with Crippen LogP contribution in [0.5, 0.6) is 0 Å². The highest BCUT2D eigenvalue weighted by Gasteiger charge is 2.17. The summed E-state index contributed by atoms with van der Waals surface area (Å²) in [6.07, 6.45) is 0. The Labute approximate surface area is 212 Å². The first-order valence-corrected chi connectivity index (χ1v) is 12.5. The van der Waals surface area contributed by atoms with Gasteiger partial charge in [-0.2, -0.15) is 0 Å². The summed E-state index contributed by atoms with van der Waals surface area (Å²) in [5.41, 5.74) is 9.72. The second-order valence-electron chi connectivity index (χ2n) is 10.5. The van der Waals surface area contributed by atoms with Crippen molar-refractivity contribution in [3.8, 4) is 16.8 Å². The van der Waals surface area contributed by atoms with Crippen molar-refractivity contribution in [3.63, 3.8) is 0 Å². The number of hydrogen-bond donors (Lipinski definition) is 1. The van der Waals surface area contributed by atoms with Gasteiger partial charge in [-0.05, 0) is 76.7 Å². The van der Waals surface area contributed by atoms with Gasteiger partial charge < -0.3 is 9.88 Å². The maximum absolute atomic E-state index is 3.47. The molecule has 0 radical (unpaired) electrons. The molecule has 1 aromatic heterocycles. The second-order valence-corrected chi connectivity index (χ2v) is 10.5. The van der Waals surface area contributed by atoms with Gasteiger partial charge in [-0.25, -0.2) is 0 Å². The molecule has 1 heterocycles. The normalized spacial score (nSPS) is 11.8. The summed E-state index contributed by atoms with van der Waals surface area (Å²) in [4.78, 5) is 0. The Morgan fingerprint density at radius 2 is 1.19 bits per heavy atom. The first kappa shape index (κ1) is 22.2. The highest BCUT2D eigenvalue weighted by molar-refractivity contribution is 6.10. The third-order valence-electron chi connectivity index (χ3n) is 6.92. The maximum atomic E-state index is 3.47. The molecule has 0 spiro atoms. The highest BCUT2D eigenvalue weighted by Crippen LogP contribution is 2.36. The van der Waals surface area contributed by atoms with E-state index in [1.54, 1.807) is 0 Å². The highest BCUT2D eigenvalue weighted by atomic mass is 15.0. The number of para-hydroxylation sites is 2. The maximum Gasteiger partial charge on any atom is 0.0541 e. The molecule has 0 aliphatic rings. The molecule has 6 rings (SSSR count). The molecule has 0 aliphatic carbocycles. The van der Waals surface area contributed by atoms with E-state index in [0.717, 1.165) is 11.4 Å². The number of aromatic nitrogens is 1. The van der Waals surface area contributed by atoms with Crippen LogP contribution < -0.4 is 5.32 Å². The molecule has 0 saturated carbocycles. The van der Waals surface area contributed by atoms with Crippen LogP contribution >= 0.6 is 0 Å². The zero-order valence-electron chi connectivity index (χ0n) is 21.0. The summed E-state index contributed by atoms with van der Waals surface area (Å²) in [5, 5.41) is 6.02. The molecular weight excluding hydrogens is 436 g/mol. The minimum absolute atomic E-state index is 0.101. The molecular formula is C34H30N2. The average Bonchev–Trinajstić information content (AvgIpc) is 3.23. The van der Waals surface area contributed by atoms with Gasteiger partial charge in [0, 0.05) is 27.8 Å². The first-order valence-electron chi connectivity index (χ1n) is 12.5. The minimum Gasteiger partial charge on any atom is -0.356 e. The minimum atomic E-state index is 0.101. The van der Waals surface area contributed by atoms with Crippen LogP contribution in [0.3, 0.4) is 0 Å². The molecule has 0 atom stereocenters. The standard InChI is InChI=1S/C34H30N2/c1-34(2,3)26-10-9-13-29(23-26)36-32-15-8-7-14-30(32)31-22-25(18-21-33(31)36)24-16-19-28(20-17-24)35-27-11-5-4-6-12-27/h4-23,35H,1-3H3. The van der Waals surface area contributed by atoms with E-state index >= 15 is 0 Å². The molecule has 6 aromatic rings. The van der Waals surface area contributed by atoms with Crippen LogP contribution in [-0.2, 0) is 5.41 Å². The van der Waals surface area contributed by atoms with Gasteiger partial charge in [0.25, 0.3) is 0 Å². The Morgan fingerprint density at radius 3 is 1.97 bits per heavy atom. The summed E-state index contributed by atoms with van der Waals surface area (Å²) in [7, 11) is 0. The largest absolute Gasteiger partial charge is 0.356 e. The predicted molar refractivity (Wildman–Crippen MR) is 155 cm³/mol. The van der Waals surface area contributed by atoms with E-state index in [-0.39, 0.29) is 5.41 Å². The van der Waals surface area contributed by atoms with Gasteiger partial charge in [-0.15, -0.1) is 0 Å². The van der Waals surface area contributed by atoms with Gasteiger partial charge in [0.1, 0.15) is 0 Å². The van der Waals surface area contributed by atoms with E-state index < -0.39 is 0 Å². The van der Waals surface area contributed by atoms with Gasteiger partial charge in [-0.3, -0.25) is 0 Å². The van der Waals surface area contributed by atoms with Crippen LogP contribution in [0.15, 0.2) is 121 Å². The molecule has 0 bridgehead atoms. The lowest BCUT2D eigenvalue weighted by molar-refractivity contribution is 0.590. The SMILES string of the molecule is CC(C)(C)c1cccc(-n2c3ccccc3c3cc(-c4ccc(Nc5ccccc5)cc4)ccc32)c1. The van der Waals surface area contributed by atoms with Crippen LogP contribution in [0.25, 0.3) is 38.6 Å². The van der Waals surface area contributed by atoms with Crippen molar-refractivity contribution in [1.82, 2.24) is 4.57 Å². The topological polar surface area (TPSA) is 17.0 Å². The van der Waals surface area contributed by atoms with E-state index in [2.05, 4.69) is 134 Å². The fourth-order valence-corrected chi connectivity index (χ4v) is 4.98. The number of hydrogen-bond acceptors (Lipinski definition) is 1. The fourth-order valence-electron chi connectivity index (χ4n) is 4.98. The number of nitrogens with one attached hydrogen (secondary N) is 1. The van der Waals surface area contributed by atoms with Crippen LogP contribution in [0, 0.1) is 0 Å². The van der Waals surface area contributed by atoms with E-state index in [1.165, 1.54) is 44.2 Å². The lowest BCUT2D eigenvalue weighted by atomic mass is 9.87. The first-order chi connectivity index (χ1) is 17.5. The third kappa shape index (κ3) is 4.05. The Kier molecular flexibility index (Phi) is 5.38. The van der Waals surface area contributed by atoms with Crippen LogP contribution in [0.2, 0.25) is 0 Å². The Hall–Kier alpha value is -4.30. The molecule has 1 N–H and O–H groups in total. The van der Waals surface area contributed by atoms with E-state index in [1.807, 2.05) is 18.2 Å². The summed E-state index contributed by atoms with van der Waals surface area (Å²) in [5.74, 6) is 0. The number of anilines is 2. The van der Waals surface area contributed by atoms with Crippen molar-refractivity contribution in [2.24, 2.45) is 0 Å². The quantitative estimate of drug-likeness (QED) is 0.274. The molecule has 0 amide bonds. The number of fused-ring (bicyclic) bond motifs is 3. The van der Waals surface area contributed by atoms with Crippen molar-refractivity contribution in [3.05, 3.63) is 127 Å². The van der Waals surface area contributed by atoms with Crippen molar-refractivity contribution in [1.29, 1.82) is 0 Å². The molecule has 36 heavy (non-hydrogen) atoms. The molecule has 0 aliphatic heterocycles. The summed E-state index contributed by atoms with van der Waals surface area (Å²) in [6.45, 7) is 6.81. The third-order valence-corrected chi connectivity index (χ3v) is 6.92. The van der Waals surface area contributed by atoms with Gasteiger partial charge in [0.15, 0.2) is 0 Å². The Bertz CT molecular complexity index is 1670.